The molecule has 192 valence electrons. The highest BCUT2D eigenvalue weighted by molar-refractivity contribution is 7.92. The average Bonchev–Trinajstić information content (AvgIpc) is 3.20. The molecule has 3 aromatic carbocycles. The van der Waals surface area contributed by atoms with Crippen LogP contribution in [0.2, 0.25) is 0 Å². The molecule has 1 heterocycles. The van der Waals surface area contributed by atoms with Gasteiger partial charge in [-0.15, -0.1) is 0 Å². The van der Waals surface area contributed by atoms with Gasteiger partial charge < -0.3 is 0 Å². The Labute approximate surface area is 214 Å². The lowest BCUT2D eigenvalue weighted by atomic mass is 9.93. The van der Waals surface area contributed by atoms with E-state index in [0.717, 1.165) is 36.0 Å². The van der Waals surface area contributed by atoms with Gasteiger partial charge in [0.1, 0.15) is 0 Å². The molecule has 7 nitrogen and oxygen atoms in total. The van der Waals surface area contributed by atoms with E-state index in [-0.39, 0.29) is 12.0 Å². The number of nitrogens with zero attached hydrogens (tertiary/aromatic N) is 1. The predicted octanol–water partition coefficient (Wildman–Crippen LogP) is 4.02. The van der Waals surface area contributed by atoms with Gasteiger partial charge in [-0.05, 0) is 48.2 Å². The second kappa shape index (κ2) is 10.7. The highest BCUT2D eigenvalue weighted by Gasteiger charge is 2.36. The standard InChI is InChI=1S/C27H33N3O4S2/c1-20(2)36(33,34)29-27-19-30(17-21-8-5-4-6-9-21)18-26(27)23-14-12-22(13-15-23)24-10-7-11-25(16-24)28-35(3,31)32/h4-16,20,26-29H,17-19H2,1-3H3/t26-,27+/m1/s1. The van der Waals surface area contributed by atoms with Crippen LogP contribution in [0, 0.1) is 0 Å². The number of anilines is 1. The first kappa shape index (κ1) is 26.3. The van der Waals surface area contributed by atoms with Gasteiger partial charge in [-0.25, -0.2) is 21.6 Å². The summed E-state index contributed by atoms with van der Waals surface area (Å²) in [5, 5.41) is -0.503. The summed E-state index contributed by atoms with van der Waals surface area (Å²) in [6.45, 7) is 5.51. The van der Waals surface area contributed by atoms with Crippen LogP contribution in [0.25, 0.3) is 11.1 Å². The van der Waals surface area contributed by atoms with Gasteiger partial charge in [0.2, 0.25) is 20.0 Å². The van der Waals surface area contributed by atoms with E-state index in [4.69, 9.17) is 0 Å². The van der Waals surface area contributed by atoms with Crippen molar-refractivity contribution in [2.45, 2.75) is 37.6 Å². The SMILES string of the molecule is CC(C)S(=O)(=O)N[C@H]1CN(Cc2ccccc2)C[C@@H]1c1ccc(-c2cccc(NS(C)(=O)=O)c2)cc1. The Kier molecular flexibility index (Phi) is 7.85. The Bertz CT molecular complexity index is 1390. The molecule has 3 aromatic rings. The number of hydrogen-bond donors (Lipinski definition) is 2. The summed E-state index contributed by atoms with van der Waals surface area (Å²) in [6, 6.07) is 25.3. The van der Waals surface area contributed by atoms with Crippen molar-refractivity contribution in [3.05, 3.63) is 90.0 Å². The molecule has 0 amide bonds. The Morgan fingerprint density at radius 3 is 2.19 bits per heavy atom. The van der Waals surface area contributed by atoms with Crippen LogP contribution in [0.1, 0.15) is 30.9 Å². The molecule has 0 unspecified atom stereocenters. The average molecular weight is 528 g/mol. The van der Waals surface area contributed by atoms with Crippen LogP contribution >= 0.6 is 0 Å². The van der Waals surface area contributed by atoms with Crippen molar-refractivity contribution in [2.75, 3.05) is 24.1 Å². The minimum Gasteiger partial charge on any atom is -0.297 e. The number of likely N-dealkylation sites (tertiary alicyclic amines) is 1. The molecule has 2 atom stereocenters. The van der Waals surface area contributed by atoms with Gasteiger partial charge in [-0.1, -0.05) is 66.7 Å². The Morgan fingerprint density at radius 2 is 1.56 bits per heavy atom. The van der Waals surface area contributed by atoms with Crippen LogP contribution in [0.15, 0.2) is 78.9 Å². The fraction of sp³-hybridized carbons (Fsp3) is 0.333. The van der Waals surface area contributed by atoms with Gasteiger partial charge in [0.15, 0.2) is 0 Å². The largest absolute Gasteiger partial charge is 0.297 e. The fourth-order valence-corrected chi connectivity index (χ4v) is 6.05. The van der Waals surface area contributed by atoms with Crippen LogP contribution < -0.4 is 9.44 Å². The van der Waals surface area contributed by atoms with Crippen LogP contribution in [-0.2, 0) is 26.6 Å². The summed E-state index contributed by atoms with van der Waals surface area (Å²) in [6.07, 6.45) is 1.13. The minimum absolute atomic E-state index is 0.00882. The molecule has 0 spiro atoms. The highest BCUT2D eigenvalue weighted by atomic mass is 32.2. The molecule has 0 saturated carbocycles. The molecular formula is C27H33N3O4S2. The van der Waals surface area contributed by atoms with Crippen molar-refractivity contribution >= 4 is 25.7 Å². The van der Waals surface area contributed by atoms with E-state index in [1.54, 1.807) is 26.0 Å². The summed E-state index contributed by atoms with van der Waals surface area (Å²) < 4.78 is 54.1. The maximum absolute atomic E-state index is 12.7. The van der Waals surface area contributed by atoms with Crippen LogP contribution in [-0.4, -0.2) is 52.4 Å². The molecule has 1 saturated heterocycles. The third kappa shape index (κ3) is 6.73. The Morgan fingerprint density at radius 1 is 0.861 bits per heavy atom. The molecule has 0 radical (unpaired) electrons. The highest BCUT2D eigenvalue weighted by Crippen LogP contribution is 2.32. The van der Waals surface area contributed by atoms with Crippen molar-refractivity contribution in [1.82, 2.24) is 9.62 Å². The second-order valence-corrected chi connectivity index (χ2v) is 13.7. The molecule has 0 bridgehead atoms. The number of rotatable bonds is 9. The Balaban J connectivity index is 1.57. The van der Waals surface area contributed by atoms with E-state index in [2.05, 4.69) is 26.5 Å². The predicted molar refractivity (Wildman–Crippen MR) is 146 cm³/mol. The maximum atomic E-state index is 12.7. The van der Waals surface area contributed by atoms with Gasteiger partial charge >= 0.3 is 0 Å². The monoisotopic (exact) mass is 527 g/mol. The molecule has 9 heteroatoms. The van der Waals surface area contributed by atoms with Crippen molar-refractivity contribution in [1.29, 1.82) is 0 Å². The zero-order valence-electron chi connectivity index (χ0n) is 20.8. The van der Waals surface area contributed by atoms with Gasteiger partial charge in [0.25, 0.3) is 0 Å². The van der Waals surface area contributed by atoms with Crippen LogP contribution in [0.3, 0.4) is 0 Å². The van der Waals surface area contributed by atoms with E-state index in [1.165, 1.54) is 5.56 Å². The summed E-state index contributed by atoms with van der Waals surface area (Å²) in [5.74, 6) is 0.00882. The van der Waals surface area contributed by atoms with E-state index < -0.39 is 25.3 Å². The van der Waals surface area contributed by atoms with Crippen molar-refractivity contribution in [2.24, 2.45) is 0 Å². The normalized spacial score (nSPS) is 19.0. The van der Waals surface area contributed by atoms with Gasteiger partial charge in [0, 0.05) is 37.3 Å². The van der Waals surface area contributed by atoms with E-state index >= 15 is 0 Å². The van der Waals surface area contributed by atoms with E-state index in [0.29, 0.717) is 12.2 Å². The molecule has 1 aliphatic heterocycles. The third-order valence-electron chi connectivity index (χ3n) is 6.42. The summed E-state index contributed by atoms with van der Waals surface area (Å²) in [5.41, 5.74) is 4.62. The molecule has 2 N–H and O–H groups in total. The minimum atomic E-state index is -3.42. The van der Waals surface area contributed by atoms with E-state index in [1.807, 2.05) is 54.6 Å². The van der Waals surface area contributed by atoms with Crippen molar-refractivity contribution in [3.8, 4) is 11.1 Å². The number of nitrogens with one attached hydrogen (secondary N) is 2. The van der Waals surface area contributed by atoms with Gasteiger partial charge in [-0.2, -0.15) is 0 Å². The summed E-state index contributed by atoms with van der Waals surface area (Å²) in [7, 11) is -6.78. The quantitative estimate of drug-likeness (QED) is 0.438. The first-order valence-electron chi connectivity index (χ1n) is 12.0. The molecule has 36 heavy (non-hydrogen) atoms. The van der Waals surface area contributed by atoms with Crippen molar-refractivity contribution < 1.29 is 16.8 Å². The number of hydrogen-bond acceptors (Lipinski definition) is 5. The van der Waals surface area contributed by atoms with Crippen LogP contribution in [0.4, 0.5) is 5.69 Å². The number of benzene rings is 3. The zero-order valence-corrected chi connectivity index (χ0v) is 22.4. The molecule has 0 aromatic heterocycles. The lowest BCUT2D eigenvalue weighted by Gasteiger charge is -2.22. The van der Waals surface area contributed by atoms with Crippen molar-refractivity contribution in [3.63, 3.8) is 0 Å². The molecule has 1 fully saturated rings. The third-order valence-corrected chi connectivity index (χ3v) is 8.90. The fourth-order valence-electron chi connectivity index (χ4n) is 4.56. The summed E-state index contributed by atoms with van der Waals surface area (Å²) in [4.78, 5) is 2.29. The maximum Gasteiger partial charge on any atom is 0.229 e. The molecule has 0 aliphatic carbocycles. The first-order valence-corrected chi connectivity index (χ1v) is 15.4. The molecular weight excluding hydrogens is 494 g/mol. The molecule has 4 rings (SSSR count). The lowest BCUT2D eigenvalue weighted by Crippen LogP contribution is -2.42. The summed E-state index contributed by atoms with van der Waals surface area (Å²) >= 11 is 0. The Hall–Kier alpha value is -2.72. The lowest BCUT2D eigenvalue weighted by molar-refractivity contribution is 0.322. The van der Waals surface area contributed by atoms with Gasteiger partial charge in [0.05, 0.1) is 11.5 Å². The first-order chi connectivity index (χ1) is 17.0. The second-order valence-electron chi connectivity index (χ2n) is 9.68. The van der Waals surface area contributed by atoms with Gasteiger partial charge in [-0.3, -0.25) is 9.62 Å². The smallest absolute Gasteiger partial charge is 0.229 e. The number of sulfonamides is 2. The van der Waals surface area contributed by atoms with E-state index in [9.17, 15) is 16.8 Å². The topological polar surface area (TPSA) is 95.6 Å². The zero-order chi connectivity index (χ0) is 25.9. The van der Waals surface area contributed by atoms with Crippen LogP contribution in [0.5, 0.6) is 0 Å². The molecule has 1 aliphatic rings.